The third kappa shape index (κ3) is 4.72. The number of anilines is 3. The van der Waals surface area contributed by atoms with Crippen LogP contribution in [0.2, 0.25) is 0 Å². The maximum absolute atomic E-state index is 9.51. The number of benzene rings is 2. The van der Waals surface area contributed by atoms with E-state index in [-0.39, 0.29) is 23.0 Å². The molecule has 4 rings (SSSR count). The zero-order valence-corrected chi connectivity index (χ0v) is 19.3. The Morgan fingerprint density at radius 2 is 1.86 bits per heavy atom. The molecule has 0 bridgehead atoms. The summed E-state index contributed by atoms with van der Waals surface area (Å²) < 4.78 is 11.9. The minimum absolute atomic E-state index is 0.0110. The lowest BCUT2D eigenvalue weighted by molar-refractivity contribution is 0.269. The van der Waals surface area contributed by atoms with Crippen LogP contribution in [0.15, 0.2) is 47.5 Å². The Kier molecular flexibility index (Phi) is 6.56. The molecule has 0 saturated carbocycles. The third-order valence-corrected chi connectivity index (χ3v) is 5.46. The van der Waals surface area contributed by atoms with Gasteiger partial charge in [0.25, 0.3) is 0 Å². The van der Waals surface area contributed by atoms with Gasteiger partial charge in [0.1, 0.15) is 35.9 Å². The van der Waals surface area contributed by atoms with E-state index in [4.69, 9.17) is 26.2 Å². The van der Waals surface area contributed by atoms with Crippen molar-refractivity contribution in [1.29, 1.82) is 10.5 Å². The molecule has 0 aliphatic carbocycles. The summed E-state index contributed by atoms with van der Waals surface area (Å²) in [7, 11) is 0. The fourth-order valence-corrected chi connectivity index (χ4v) is 3.75. The fourth-order valence-electron chi connectivity index (χ4n) is 3.75. The first-order valence-corrected chi connectivity index (χ1v) is 10.9. The van der Waals surface area contributed by atoms with Crippen molar-refractivity contribution in [2.75, 3.05) is 23.4 Å². The van der Waals surface area contributed by atoms with E-state index in [1.807, 2.05) is 62.5 Å². The second kappa shape index (κ2) is 9.89. The molecule has 1 atom stereocenters. The van der Waals surface area contributed by atoms with E-state index < -0.39 is 6.04 Å². The molecule has 3 aromatic rings. The van der Waals surface area contributed by atoms with Gasteiger partial charge >= 0.3 is 0 Å². The Balaban J connectivity index is 1.74. The number of nitrogen functional groups attached to an aromatic ring is 2. The van der Waals surface area contributed by atoms with Crippen molar-refractivity contribution in [3.05, 3.63) is 70.3 Å². The van der Waals surface area contributed by atoms with E-state index >= 15 is 0 Å². The maximum atomic E-state index is 9.51. The number of nitrogens with zero attached hydrogens (tertiary/aromatic N) is 4. The summed E-state index contributed by atoms with van der Waals surface area (Å²) in [5.74, 6) is 1.59. The first-order chi connectivity index (χ1) is 16.9. The van der Waals surface area contributed by atoms with Gasteiger partial charge in [-0.3, -0.25) is 5.32 Å². The number of hydrogen-bond donors (Lipinski definition) is 4. The van der Waals surface area contributed by atoms with Gasteiger partial charge in [0.2, 0.25) is 5.96 Å². The van der Waals surface area contributed by atoms with Crippen molar-refractivity contribution in [3.8, 4) is 23.8 Å². The van der Waals surface area contributed by atoms with Gasteiger partial charge in [0, 0.05) is 5.56 Å². The number of ether oxygens (including phenoxy) is 2. The smallest absolute Gasteiger partial charge is 0.211 e. The zero-order valence-electron chi connectivity index (χ0n) is 19.3. The fraction of sp³-hybridized carbons (Fsp3) is 0.200. The average molecular weight is 469 g/mol. The number of nitrogens with one attached hydrogen (secondary N) is 2. The SMILES string of the molecule is CCOc1cc(C2N=C(NC#N)Nc3nc(N)c(C#N)c(N)c32)ccc1OCc1ccc(C)cc1. The first kappa shape index (κ1) is 23.2. The maximum Gasteiger partial charge on any atom is 0.211 e. The number of pyridine rings is 1. The standard InChI is InChI=1S/C25H24N8O2/c1-3-34-19-10-16(8-9-18(19)35-12-15-6-4-14(2)5-7-15)22-20-21(28)17(11-26)23(29)32-24(20)33-25(31-22)30-13-27/h4-10,22H,3,12H2,1-2H3,(H6,28,29,30,31,32,33). The number of fused-ring (bicyclic) bond motifs is 1. The van der Waals surface area contributed by atoms with Crippen LogP contribution in [0.1, 0.15) is 40.8 Å². The molecule has 6 N–H and O–H groups in total. The van der Waals surface area contributed by atoms with Crippen LogP contribution >= 0.6 is 0 Å². The Labute approximate surface area is 202 Å². The average Bonchev–Trinajstić information content (AvgIpc) is 2.84. The molecule has 2 aromatic carbocycles. The van der Waals surface area contributed by atoms with Crippen molar-refractivity contribution >= 4 is 23.3 Å². The highest BCUT2D eigenvalue weighted by atomic mass is 16.5. The Morgan fingerprint density at radius 3 is 2.54 bits per heavy atom. The Morgan fingerprint density at radius 1 is 1.09 bits per heavy atom. The number of aryl methyl sites for hydroxylation is 1. The molecule has 0 fully saturated rings. The molecule has 0 radical (unpaired) electrons. The summed E-state index contributed by atoms with van der Waals surface area (Å²) in [6.07, 6.45) is 1.84. The largest absolute Gasteiger partial charge is 0.490 e. The van der Waals surface area contributed by atoms with Crippen molar-refractivity contribution in [3.63, 3.8) is 0 Å². The second-order valence-corrected chi connectivity index (χ2v) is 7.82. The number of aromatic nitrogens is 1. The summed E-state index contributed by atoms with van der Waals surface area (Å²) in [5, 5.41) is 24.0. The molecule has 0 amide bonds. The zero-order chi connectivity index (χ0) is 24.9. The van der Waals surface area contributed by atoms with E-state index in [2.05, 4.69) is 20.6 Å². The van der Waals surface area contributed by atoms with Crippen molar-refractivity contribution in [2.45, 2.75) is 26.5 Å². The Bertz CT molecular complexity index is 1370. The minimum atomic E-state index is -0.673. The molecule has 1 aromatic heterocycles. The molecule has 10 nitrogen and oxygen atoms in total. The lowest BCUT2D eigenvalue weighted by Crippen LogP contribution is -2.32. The number of guanidine groups is 1. The highest BCUT2D eigenvalue weighted by Crippen LogP contribution is 2.42. The number of rotatable bonds is 6. The molecule has 176 valence electrons. The van der Waals surface area contributed by atoms with Crippen molar-refractivity contribution in [1.82, 2.24) is 10.3 Å². The molecule has 0 saturated heterocycles. The van der Waals surface area contributed by atoms with Gasteiger partial charge in [-0.05, 0) is 37.1 Å². The Hall–Kier alpha value is -4.96. The lowest BCUT2D eigenvalue weighted by Gasteiger charge is -2.26. The number of hydrogen-bond acceptors (Lipinski definition) is 10. The van der Waals surface area contributed by atoms with Crippen LogP contribution in [0, 0.1) is 29.7 Å². The molecule has 0 spiro atoms. The van der Waals surface area contributed by atoms with Gasteiger partial charge in [-0.2, -0.15) is 10.5 Å². The van der Waals surface area contributed by atoms with Gasteiger partial charge in [-0.1, -0.05) is 35.9 Å². The summed E-state index contributed by atoms with van der Waals surface area (Å²) in [5.41, 5.74) is 15.9. The van der Waals surface area contributed by atoms with Crippen LogP contribution < -0.4 is 31.6 Å². The van der Waals surface area contributed by atoms with Gasteiger partial charge in [0.05, 0.1) is 12.3 Å². The van der Waals surface area contributed by atoms with Crippen LogP contribution in [0.25, 0.3) is 0 Å². The van der Waals surface area contributed by atoms with E-state index in [1.165, 1.54) is 5.56 Å². The first-order valence-electron chi connectivity index (χ1n) is 10.9. The molecule has 1 unspecified atom stereocenters. The second-order valence-electron chi connectivity index (χ2n) is 7.82. The van der Waals surface area contributed by atoms with Gasteiger partial charge < -0.3 is 26.3 Å². The normalized spacial score (nSPS) is 13.9. The molecule has 35 heavy (non-hydrogen) atoms. The van der Waals surface area contributed by atoms with E-state index in [9.17, 15) is 5.26 Å². The van der Waals surface area contributed by atoms with Gasteiger partial charge in [0.15, 0.2) is 17.7 Å². The molecule has 2 heterocycles. The molecule has 10 heteroatoms. The number of nitrogens with two attached hydrogens (primary N) is 2. The van der Waals surface area contributed by atoms with Crippen LogP contribution in [-0.2, 0) is 6.61 Å². The van der Waals surface area contributed by atoms with Crippen LogP contribution in [0.5, 0.6) is 11.5 Å². The minimum Gasteiger partial charge on any atom is -0.490 e. The highest BCUT2D eigenvalue weighted by Gasteiger charge is 2.30. The molecular weight excluding hydrogens is 444 g/mol. The van der Waals surface area contributed by atoms with Crippen LogP contribution in [0.4, 0.5) is 17.3 Å². The van der Waals surface area contributed by atoms with E-state index in [0.29, 0.717) is 41.7 Å². The number of aliphatic imine (C=N–C) groups is 1. The van der Waals surface area contributed by atoms with E-state index in [1.54, 1.807) is 6.07 Å². The lowest BCUT2D eigenvalue weighted by atomic mass is 9.95. The summed E-state index contributed by atoms with van der Waals surface area (Å²) in [6.45, 7) is 4.72. The highest BCUT2D eigenvalue weighted by molar-refractivity contribution is 5.98. The summed E-state index contributed by atoms with van der Waals surface area (Å²) in [6, 6.07) is 14.9. The predicted octanol–water partition coefficient (Wildman–Crippen LogP) is 3.35. The summed E-state index contributed by atoms with van der Waals surface area (Å²) >= 11 is 0. The monoisotopic (exact) mass is 468 g/mol. The van der Waals surface area contributed by atoms with Crippen molar-refractivity contribution in [2.24, 2.45) is 4.99 Å². The van der Waals surface area contributed by atoms with E-state index in [0.717, 1.165) is 5.56 Å². The van der Waals surface area contributed by atoms with Crippen LogP contribution in [0.3, 0.4) is 0 Å². The third-order valence-electron chi connectivity index (χ3n) is 5.46. The van der Waals surface area contributed by atoms with Crippen LogP contribution in [-0.4, -0.2) is 17.6 Å². The molecule has 1 aliphatic heterocycles. The topological polar surface area (TPSA) is 167 Å². The summed E-state index contributed by atoms with van der Waals surface area (Å²) in [4.78, 5) is 8.86. The van der Waals surface area contributed by atoms with Crippen molar-refractivity contribution < 1.29 is 9.47 Å². The predicted molar refractivity (Wildman–Crippen MR) is 133 cm³/mol. The molecular formula is C25H24N8O2. The quantitative estimate of drug-likeness (QED) is 0.313. The molecule has 1 aliphatic rings. The van der Waals surface area contributed by atoms with Gasteiger partial charge in [-0.15, -0.1) is 0 Å². The van der Waals surface area contributed by atoms with Gasteiger partial charge in [-0.25, -0.2) is 9.98 Å². The number of nitriles is 2.